The lowest BCUT2D eigenvalue weighted by molar-refractivity contribution is 0.234. The molecule has 7 heteroatoms. The van der Waals surface area contributed by atoms with Gasteiger partial charge in [-0.1, -0.05) is 6.07 Å². The van der Waals surface area contributed by atoms with E-state index < -0.39 is 20.5 Å². The highest BCUT2D eigenvalue weighted by Gasteiger charge is 2.32. The minimum atomic E-state index is -4.64. The zero-order valence-electron chi connectivity index (χ0n) is 10.3. The molecule has 106 valence electrons. The van der Waals surface area contributed by atoms with Gasteiger partial charge in [-0.15, -0.1) is 0 Å². The van der Waals surface area contributed by atoms with Gasteiger partial charge < -0.3 is 10.5 Å². The van der Waals surface area contributed by atoms with Crippen LogP contribution >= 0.6 is 0 Å². The molecule has 19 heavy (non-hydrogen) atoms. The van der Waals surface area contributed by atoms with Crippen LogP contribution in [0.1, 0.15) is 24.3 Å². The highest BCUT2D eigenvalue weighted by Crippen LogP contribution is 2.39. The maximum absolute atomic E-state index is 12.5. The highest BCUT2D eigenvalue weighted by atomic mass is 32.2. The predicted molar refractivity (Wildman–Crippen MR) is 66.1 cm³/mol. The summed E-state index contributed by atoms with van der Waals surface area (Å²) in [6.45, 7) is 0. The number of benzene rings is 1. The average molecular weight is 291 g/mol. The summed E-state index contributed by atoms with van der Waals surface area (Å²) in [7, 11) is -3.38. The molecule has 0 aliphatic heterocycles. The topological polar surface area (TPSA) is 69.4 Å². The van der Waals surface area contributed by atoms with Crippen LogP contribution in [0.4, 0.5) is 8.78 Å². The molecule has 0 spiro atoms. The summed E-state index contributed by atoms with van der Waals surface area (Å²) in [4.78, 5) is -0.475. The molecule has 1 aromatic carbocycles. The normalized spacial score (nSPS) is 23.2. The van der Waals surface area contributed by atoms with Crippen LogP contribution in [0.5, 0.6) is 5.75 Å². The van der Waals surface area contributed by atoms with Crippen LogP contribution in [0.3, 0.4) is 0 Å². The fraction of sp³-hybridized carbons (Fsp3) is 0.500. The van der Waals surface area contributed by atoms with E-state index in [9.17, 15) is 17.2 Å². The van der Waals surface area contributed by atoms with Crippen molar-refractivity contribution in [2.24, 2.45) is 5.73 Å². The number of methoxy groups -OCH3 is 1. The molecule has 0 amide bonds. The number of hydrogen-bond donors (Lipinski definition) is 1. The Labute approximate surface area is 110 Å². The zero-order valence-corrected chi connectivity index (χ0v) is 11.2. The summed E-state index contributed by atoms with van der Waals surface area (Å²) < 4.78 is 53.0. The first-order valence-corrected chi connectivity index (χ1v) is 7.36. The van der Waals surface area contributed by atoms with Crippen LogP contribution in [0, 0.1) is 0 Å². The van der Waals surface area contributed by atoms with Crippen molar-refractivity contribution >= 4 is 9.84 Å². The third kappa shape index (κ3) is 2.57. The molecular weight excluding hydrogens is 276 g/mol. The lowest BCUT2D eigenvalue weighted by atomic mass is 9.76. The van der Waals surface area contributed by atoms with Gasteiger partial charge in [-0.2, -0.15) is 8.78 Å². The highest BCUT2D eigenvalue weighted by molar-refractivity contribution is 7.91. The molecule has 1 aliphatic carbocycles. The van der Waals surface area contributed by atoms with Crippen molar-refractivity contribution in [1.29, 1.82) is 0 Å². The van der Waals surface area contributed by atoms with E-state index >= 15 is 0 Å². The van der Waals surface area contributed by atoms with Gasteiger partial charge >= 0.3 is 5.76 Å². The van der Waals surface area contributed by atoms with Gasteiger partial charge in [-0.3, -0.25) is 0 Å². The van der Waals surface area contributed by atoms with Crippen molar-refractivity contribution < 1.29 is 21.9 Å². The molecule has 4 nitrogen and oxygen atoms in total. The minimum Gasteiger partial charge on any atom is -0.495 e. The summed E-state index contributed by atoms with van der Waals surface area (Å²) >= 11 is 0. The molecule has 0 saturated heterocycles. The van der Waals surface area contributed by atoms with E-state index in [2.05, 4.69) is 0 Å². The molecule has 1 aliphatic rings. The van der Waals surface area contributed by atoms with Crippen molar-refractivity contribution in [1.82, 2.24) is 0 Å². The number of alkyl halides is 2. The number of rotatable bonds is 4. The van der Waals surface area contributed by atoms with Crippen molar-refractivity contribution in [3.8, 4) is 5.75 Å². The Balaban J connectivity index is 2.37. The van der Waals surface area contributed by atoms with Crippen molar-refractivity contribution in [2.75, 3.05) is 7.11 Å². The zero-order chi connectivity index (χ0) is 14.2. The molecule has 0 bridgehead atoms. The van der Waals surface area contributed by atoms with E-state index in [4.69, 9.17) is 10.5 Å². The Kier molecular flexibility index (Phi) is 3.78. The minimum absolute atomic E-state index is 0.0433. The second kappa shape index (κ2) is 5.05. The first kappa shape index (κ1) is 14.2. The quantitative estimate of drug-likeness (QED) is 0.920. The Morgan fingerprint density at radius 2 is 2.00 bits per heavy atom. The summed E-state index contributed by atoms with van der Waals surface area (Å²) in [6, 6.07) is 4.39. The predicted octanol–water partition coefficient (Wildman–Crippen LogP) is 1.90. The molecule has 0 aromatic heterocycles. The van der Waals surface area contributed by atoms with Crippen molar-refractivity contribution in [3.05, 3.63) is 23.8 Å². The van der Waals surface area contributed by atoms with E-state index in [1.807, 2.05) is 0 Å². The molecule has 1 saturated carbocycles. The first-order valence-electron chi connectivity index (χ1n) is 5.82. The lowest BCUT2D eigenvalue weighted by Crippen LogP contribution is -2.34. The van der Waals surface area contributed by atoms with Gasteiger partial charge in [0.05, 0.1) is 7.11 Å². The van der Waals surface area contributed by atoms with E-state index in [1.54, 1.807) is 6.07 Å². The number of ether oxygens (including phenoxy) is 1. The Hall–Kier alpha value is -1.21. The van der Waals surface area contributed by atoms with Crippen LogP contribution in [0.15, 0.2) is 23.1 Å². The third-order valence-electron chi connectivity index (χ3n) is 3.37. The van der Waals surface area contributed by atoms with Crippen molar-refractivity contribution in [3.63, 3.8) is 0 Å². The second-order valence-electron chi connectivity index (χ2n) is 4.64. The molecular formula is C12H15F2NO3S. The molecule has 0 unspecified atom stereocenters. The molecule has 0 heterocycles. The molecule has 2 rings (SSSR count). The van der Waals surface area contributed by atoms with Gasteiger partial charge in [-0.05, 0) is 36.5 Å². The molecule has 0 radical (unpaired) electrons. The van der Waals surface area contributed by atoms with E-state index in [1.165, 1.54) is 19.2 Å². The van der Waals surface area contributed by atoms with Crippen LogP contribution < -0.4 is 10.5 Å². The summed E-state index contributed by atoms with van der Waals surface area (Å²) in [5.41, 5.74) is 6.56. The molecule has 2 N–H and O–H groups in total. The van der Waals surface area contributed by atoms with Gasteiger partial charge in [0.1, 0.15) is 10.6 Å². The van der Waals surface area contributed by atoms with Crippen LogP contribution in [-0.2, 0) is 9.84 Å². The van der Waals surface area contributed by atoms with Crippen LogP contribution in [0.25, 0.3) is 0 Å². The maximum Gasteiger partial charge on any atom is 0.341 e. The lowest BCUT2D eigenvalue weighted by Gasteiger charge is -2.33. The third-order valence-corrected chi connectivity index (χ3v) is 4.79. The van der Waals surface area contributed by atoms with Gasteiger partial charge in [-0.25, -0.2) is 8.42 Å². The van der Waals surface area contributed by atoms with Gasteiger partial charge in [0, 0.05) is 6.04 Å². The van der Waals surface area contributed by atoms with E-state index in [-0.39, 0.29) is 17.7 Å². The van der Waals surface area contributed by atoms with Crippen LogP contribution in [-0.4, -0.2) is 27.3 Å². The monoisotopic (exact) mass is 291 g/mol. The number of nitrogens with two attached hydrogens (primary N) is 1. The Bertz CT molecular complexity index is 568. The van der Waals surface area contributed by atoms with Crippen molar-refractivity contribution in [2.45, 2.75) is 35.5 Å². The Morgan fingerprint density at radius 1 is 1.37 bits per heavy atom. The Morgan fingerprint density at radius 3 is 2.47 bits per heavy atom. The van der Waals surface area contributed by atoms with E-state index in [0.29, 0.717) is 0 Å². The molecule has 0 atom stereocenters. The fourth-order valence-electron chi connectivity index (χ4n) is 2.20. The number of halogens is 2. The average Bonchev–Trinajstić information content (AvgIpc) is 2.34. The van der Waals surface area contributed by atoms with Gasteiger partial charge in [0.15, 0.2) is 0 Å². The van der Waals surface area contributed by atoms with Gasteiger partial charge in [0.2, 0.25) is 9.84 Å². The summed E-state index contributed by atoms with van der Waals surface area (Å²) in [6.07, 6.45) is 1.62. The number of sulfone groups is 1. The number of hydrogen-bond acceptors (Lipinski definition) is 4. The smallest absolute Gasteiger partial charge is 0.341 e. The maximum atomic E-state index is 12.5. The first-order chi connectivity index (χ1) is 8.86. The van der Waals surface area contributed by atoms with E-state index in [0.717, 1.165) is 18.4 Å². The largest absolute Gasteiger partial charge is 0.495 e. The summed E-state index contributed by atoms with van der Waals surface area (Å²) in [5.74, 6) is -3.25. The standard InChI is InChI=1S/C12H15F2NO3S/c1-18-10-6-7(8-4-9(15)5-8)2-3-11(10)19(16,17)12(13)14/h2-3,6,8-9,12H,4-5,15H2,1H3. The summed E-state index contributed by atoms with van der Waals surface area (Å²) in [5, 5.41) is 0. The van der Waals surface area contributed by atoms with Crippen LogP contribution in [0.2, 0.25) is 0 Å². The SMILES string of the molecule is COc1cc(C2CC(N)C2)ccc1S(=O)(=O)C(F)F. The second-order valence-corrected chi connectivity index (χ2v) is 6.53. The molecule has 1 fully saturated rings. The molecule has 1 aromatic rings. The fourth-order valence-corrected chi connectivity index (χ4v) is 3.08. The van der Waals surface area contributed by atoms with Gasteiger partial charge in [0.25, 0.3) is 0 Å².